The molecule has 31 heavy (non-hydrogen) atoms. The van der Waals surface area contributed by atoms with Gasteiger partial charge in [-0.2, -0.15) is 0 Å². The van der Waals surface area contributed by atoms with Crippen LogP contribution in [0.3, 0.4) is 0 Å². The fraction of sp³-hybridized carbons (Fsp3) is 0.316. The number of anilines is 1. The van der Waals surface area contributed by atoms with Crippen molar-refractivity contribution in [1.82, 2.24) is 4.90 Å². The molecule has 2 amide bonds. The zero-order valence-electron chi connectivity index (χ0n) is 16.8. The van der Waals surface area contributed by atoms with E-state index in [2.05, 4.69) is 4.74 Å². The molecule has 0 bridgehead atoms. The maximum absolute atomic E-state index is 14.0. The lowest BCUT2D eigenvalue weighted by Crippen LogP contribution is -2.30. The molecule has 0 atom stereocenters. The van der Waals surface area contributed by atoms with Gasteiger partial charge in [0.25, 0.3) is 11.8 Å². The molecule has 0 spiro atoms. The van der Waals surface area contributed by atoms with Gasteiger partial charge in [-0.25, -0.2) is 26.7 Å². The second kappa shape index (κ2) is 9.41. The highest BCUT2D eigenvalue weighted by molar-refractivity contribution is 7.18. The van der Waals surface area contributed by atoms with Crippen LogP contribution in [0.2, 0.25) is 0 Å². The summed E-state index contributed by atoms with van der Waals surface area (Å²) in [6, 6.07) is 0. The van der Waals surface area contributed by atoms with Gasteiger partial charge < -0.3 is 15.0 Å². The van der Waals surface area contributed by atoms with Crippen molar-refractivity contribution in [2.24, 2.45) is 0 Å². The molecule has 0 aliphatic carbocycles. The molecular weight excluding hydrogens is 447 g/mol. The summed E-state index contributed by atoms with van der Waals surface area (Å²) in [5.41, 5.74) is -1.88. The fourth-order valence-electron chi connectivity index (χ4n) is 2.78. The standard InChI is InChI=1S/C19H17F5N2O4S/c1-5-26(6-2)18(28)15-7(3)8(19(29)30-4)17(31-15)25-16(27)9-10(20)12(22)14(24)13(23)11(9)21/h5-6H2,1-4H3,(H,25,27). The Morgan fingerprint density at radius 3 is 1.84 bits per heavy atom. The van der Waals surface area contributed by atoms with Crippen molar-refractivity contribution in [2.75, 3.05) is 25.5 Å². The molecule has 0 aliphatic heterocycles. The van der Waals surface area contributed by atoms with Gasteiger partial charge in [-0.3, -0.25) is 9.59 Å². The summed E-state index contributed by atoms with van der Waals surface area (Å²) in [5.74, 6) is -14.8. The van der Waals surface area contributed by atoms with Crippen LogP contribution in [0, 0.1) is 36.0 Å². The van der Waals surface area contributed by atoms with E-state index in [1.54, 1.807) is 13.8 Å². The first kappa shape index (κ1) is 24.3. The average Bonchev–Trinajstić information content (AvgIpc) is 3.06. The Bertz CT molecular complexity index is 1040. The average molecular weight is 464 g/mol. The third-order valence-electron chi connectivity index (χ3n) is 4.45. The first-order chi connectivity index (χ1) is 14.5. The first-order valence-electron chi connectivity index (χ1n) is 8.85. The molecule has 1 heterocycles. The topological polar surface area (TPSA) is 75.7 Å². The van der Waals surface area contributed by atoms with Crippen LogP contribution < -0.4 is 5.32 Å². The Morgan fingerprint density at radius 2 is 1.39 bits per heavy atom. The Balaban J connectivity index is 2.60. The summed E-state index contributed by atoms with van der Waals surface area (Å²) in [5, 5.41) is 1.62. The van der Waals surface area contributed by atoms with Crippen LogP contribution >= 0.6 is 11.3 Å². The zero-order valence-corrected chi connectivity index (χ0v) is 17.6. The lowest BCUT2D eigenvalue weighted by atomic mass is 10.1. The van der Waals surface area contributed by atoms with E-state index in [4.69, 9.17) is 0 Å². The number of nitrogens with one attached hydrogen (secondary N) is 1. The second-order valence-electron chi connectivity index (χ2n) is 6.13. The highest BCUT2D eigenvalue weighted by Crippen LogP contribution is 2.35. The quantitative estimate of drug-likeness (QED) is 0.300. The zero-order chi connectivity index (χ0) is 23.6. The Kier molecular flexibility index (Phi) is 7.37. The van der Waals surface area contributed by atoms with Gasteiger partial charge in [0.1, 0.15) is 10.6 Å². The number of nitrogens with zero attached hydrogens (tertiary/aromatic N) is 1. The molecule has 1 aromatic carbocycles. The molecule has 0 saturated carbocycles. The molecule has 168 valence electrons. The lowest BCUT2D eigenvalue weighted by molar-refractivity contribution is 0.0601. The minimum Gasteiger partial charge on any atom is -0.465 e. The van der Waals surface area contributed by atoms with Gasteiger partial charge in [-0.1, -0.05) is 0 Å². The number of hydrogen-bond donors (Lipinski definition) is 1. The number of thiophene rings is 1. The number of carbonyl (C=O) groups is 3. The van der Waals surface area contributed by atoms with Crippen LogP contribution in [0.25, 0.3) is 0 Å². The lowest BCUT2D eigenvalue weighted by Gasteiger charge is -2.17. The predicted molar refractivity (Wildman–Crippen MR) is 102 cm³/mol. The van der Waals surface area contributed by atoms with Gasteiger partial charge in [0, 0.05) is 13.1 Å². The maximum Gasteiger partial charge on any atom is 0.341 e. The van der Waals surface area contributed by atoms with Crippen molar-refractivity contribution in [1.29, 1.82) is 0 Å². The van der Waals surface area contributed by atoms with E-state index in [9.17, 15) is 36.3 Å². The normalized spacial score (nSPS) is 10.7. The summed E-state index contributed by atoms with van der Waals surface area (Å²) in [7, 11) is 1.03. The minimum absolute atomic E-state index is 0.0387. The number of ether oxygens (including phenoxy) is 1. The number of rotatable bonds is 6. The predicted octanol–water partition coefficient (Wildman–Crippen LogP) is 4.27. The van der Waals surface area contributed by atoms with E-state index in [-0.39, 0.29) is 21.0 Å². The molecule has 2 rings (SSSR count). The molecule has 0 unspecified atom stereocenters. The maximum atomic E-state index is 14.0. The van der Waals surface area contributed by atoms with Crippen molar-refractivity contribution in [3.05, 3.63) is 50.7 Å². The van der Waals surface area contributed by atoms with Crippen LogP contribution in [0.5, 0.6) is 0 Å². The molecule has 12 heteroatoms. The minimum atomic E-state index is -2.42. The molecule has 0 fully saturated rings. The third kappa shape index (κ3) is 4.24. The van der Waals surface area contributed by atoms with Gasteiger partial charge in [-0.15, -0.1) is 11.3 Å². The van der Waals surface area contributed by atoms with Crippen molar-refractivity contribution >= 4 is 34.1 Å². The number of benzene rings is 1. The number of hydrogen-bond acceptors (Lipinski definition) is 5. The third-order valence-corrected chi connectivity index (χ3v) is 5.64. The molecule has 1 N–H and O–H groups in total. The van der Waals surface area contributed by atoms with Crippen molar-refractivity contribution in [3.63, 3.8) is 0 Å². The molecule has 0 saturated heterocycles. The fourth-order valence-corrected chi connectivity index (χ4v) is 3.94. The Hall–Kier alpha value is -3.02. The van der Waals surface area contributed by atoms with Crippen LogP contribution in [-0.2, 0) is 4.74 Å². The van der Waals surface area contributed by atoms with E-state index in [1.807, 2.05) is 5.32 Å². The van der Waals surface area contributed by atoms with E-state index < -0.39 is 52.4 Å². The van der Waals surface area contributed by atoms with E-state index in [0.717, 1.165) is 7.11 Å². The highest BCUT2D eigenvalue weighted by atomic mass is 32.1. The SMILES string of the molecule is CCN(CC)C(=O)c1sc(NC(=O)c2c(F)c(F)c(F)c(F)c2F)c(C(=O)OC)c1C. The summed E-state index contributed by atoms with van der Waals surface area (Å²) in [6.45, 7) is 5.52. The summed E-state index contributed by atoms with van der Waals surface area (Å²) in [4.78, 5) is 38.7. The van der Waals surface area contributed by atoms with E-state index >= 15 is 0 Å². The number of methoxy groups -OCH3 is 1. The Labute approximate surface area is 177 Å². The molecule has 1 aromatic heterocycles. The first-order valence-corrected chi connectivity index (χ1v) is 9.66. The van der Waals surface area contributed by atoms with Crippen molar-refractivity contribution in [2.45, 2.75) is 20.8 Å². The van der Waals surface area contributed by atoms with Crippen LogP contribution in [0.4, 0.5) is 27.0 Å². The summed E-state index contributed by atoms with van der Waals surface area (Å²) >= 11 is 0.613. The Morgan fingerprint density at radius 1 is 0.903 bits per heavy atom. The highest BCUT2D eigenvalue weighted by Gasteiger charge is 2.32. The van der Waals surface area contributed by atoms with E-state index in [0.29, 0.717) is 24.4 Å². The monoisotopic (exact) mass is 464 g/mol. The second-order valence-corrected chi connectivity index (χ2v) is 7.15. The van der Waals surface area contributed by atoms with Gasteiger partial charge in [0.2, 0.25) is 5.82 Å². The smallest absolute Gasteiger partial charge is 0.341 e. The van der Waals surface area contributed by atoms with Crippen molar-refractivity contribution < 1.29 is 41.1 Å². The number of carbonyl (C=O) groups excluding carboxylic acids is 3. The van der Waals surface area contributed by atoms with Gasteiger partial charge in [0.15, 0.2) is 23.3 Å². The van der Waals surface area contributed by atoms with Crippen LogP contribution in [0.15, 0.2) is 0 Å². The van der Waals surface area contributed by atoms with Gasteiger partial charge >= 0.3 is 5.97 Å². The summed E-state index contributed by atoms with van der Waals surface area (Å²) in [6.07, 6.45) is 0. The van der Waals surface area contributed by atoms with Crippen LogP contribution in [-0.4, -0.2) is 42.9 Å². The molecule has 0 aliphatic rings. The van der Waals surface area contributed by atoms with E-state index in [1.165, 1.54) is 11.8 Å². The molecule has 0 radical (unpaired) electrons. The molecular formula is C19H17F5N2O4S. The summed E-state index contributed by atoms with van der Waals surface area (Å²) < 4.78 is 72.7. The number of halogens is 5. The number of amides is 2. The van der Waals surface area contributed by atoms with Gasteiger partial charge in [-0.05, 0) is 26.3 Å². The number of esters is 1. The van der Waals surface area contributed by atoms with Crippen molar-refractivity contribution in [3.8, 4) is 0 Å². The molecule has 2 aromatic rings. The van der Waals surface area contributed by atoms with Gasteiger partial charge in [0.05, 0.1) is 17.6 Å². The van der Waals surface area contributed by atoms with Crippen LogP contribution in [0.1, 0.15) is 49.8 Å². The molecule has 6 nitrogen and oxygen atoms in total. The largest absolute Gasteiger partial charge is 0.465 e.